The largest absolute Gasteiger partial charge is 0.426 e. The van der Waals surface area contributed by atoms with Crippen LogP contribution >= 0.6 is 11.3 Å². The third kappa shape index (κ3) is 5.79. The molecule has 1 heterocycles. The number of rotatable bonds is 8. The Hall–Kier alpha value is -2.92. The summed E-state index contributed by atoms with van der Waals surface area (Å²) in [7, 11) is 0. The Morgan fingerprint density at radius 3 is 2.48 bits per heavy atom. The number of amides is 1. The molecule has 3 rings (SSSR count). The average molecular weight is 379 g/mol. The topological polar surface area (TPSA) is 55.4 Å². The van der Waals surface area contributed by atoms with E-state index in [9.17, 15) is 9.59 Å². The molecule has 0 spiro atoms. The first kappa shape index (κ1) is 18.9. The fourth-order valence-corrected chi connectivity index (χ4v) is 3.31. The molecule has 0 fully saturated rings. The highest BCUT2D eigenvalue weighted by Crippen LogP contribution is 2.22. The standard InChI is InChI=1S/C22H21NO3S/c24-21(13-6-14-23-22(25)20-12-7-15-27-20)26-19-11-5-4-10-18(19)16-17-8-2-1-3-9-17/h1-5,7-12,15H,6,13-14,16H2,(H,23,25). The number of para-hydroxylation sites is 1. The lowest BCUT2D eigenvalue weighted by molar-refractivity contribution is -0.134. The highest BCUT2D eigenvalue weighted by molar-refractivity contribution is 7.12. The normalized spacial score (nSPS) is 10.4. The van der Waals surface area contributed by atoms with Crippen LogP contribution in [-0.2, 0) is 11.2 Å². The Kier molecular flexibility index (Phi) is 6.77. The van der Waals surface area contributed by atoms with Gasteiger partial charge < -0.3 is 10.1 Å². The van der Waals surface area contributed by atoms with E-state index in [4.69, 9.17) is 4.74 Å². The van der Waals surface area contributed by atoms with E-state index in [2.05, 4.69) is 17.4 Å². The van der Waals surface area contributed by atoms with Crippen LogP contribution in [0.1, 0.15) is 33.6 Å². The van der Waals surface area contributed by atoms with E-state index in [0.717, 1.165) is 11.1 Å². The molecule has 27 heavy (non-hydrogen) atoms. The molecule has 2 aromatic carbocycles. The molecule has 1 aromatic heterocycles. The van der Waals surface area contributed by atoms with Crippen molar-refractivity contribution in [1.29, 1.82) is 0 Å². The molecule has 4 nitrogen and oxygen atoms in total. The van der Waals surface area contributed by atoms with Gasteiger partial charge in [0.1, 0.15) is 5.75 Å². The number of benzene rings is 2. The third-order valence-electron chi connectivity index (χ3n) is 4.02. The van der Waals surface area contributed by atoms with Gasteiger partial charge >= 0.3 is 5.97 Å². The molecule has 0 saturated carbocycles. The first-order chi connectivity index (χ1) is 13.2. The number of carbonyl (C=O) groups excluding carboxylic acids is 2. The summed E-state index contributed by atoms with van der Waals surface area (Å²) in [4.78, 5) is 24.7. The number of carbonyl (C=O) groups is 2. The summed E-state index contributed by atoms with van der Waals surface area (Å²) < 4.78 is 5.55. The molecule has 0 bridgehead atoms. The van der Waals surface area contributed by atoms with Gasteiger partial charge in [0, 0.05) is 19.4 Å². The maximum absolute atomic E-state index is 12.2. The van der Waals surface area contributed by atoms with Crippen LogP contribution in [0, 0.1) is 0 Å². The second kappa shape index (κ2) is 9.69. The molecule has 138 valence electrons. The molecule has 1 amide bonds. The lowest BCUT2D eigenvalue weighted by Crippen LogP contribution is -2.24. The fraction of sp³-hybridized carbons (Fsp3) is 0.182. The van der Waals surface area contributed by atoms with Crippen molar-refractivity contribution in [1.82, 2.24) is 5.32 Å². The summed E-state index contributed by atoms with van der Waals surface area (Å²) >= 11 is 1.40. The zero-order valence-corrected chi connectivity index (χ0v) is 15.7. The molecule has 0 radical (unpaired) electrons. The van der Waals surface area contributed by atoms with E-state index in [1.54, 1.807) is 6.07 Å². The molecule has 0 saturated heterocycles. The van der Waals surface area contributed by atoms with Crippen LogP contribution in [0.3, 0.4) is 0 Å². The minimum absolute atomic E-state index is 0.105. The summed E-state index contributed by atoms with van der Waals surface area (Å²) in [6.07, 6.45) is 1.50. The van der Waals surface area contributed by atoms with Gasteiger partial charge in [-0.1, -0.05) is 54.6 Å². The van der Waals surface area contributed by atoms with E-state index >= 15 is 0 Å². The van der Waals surface area contributed by atoms with Crippen molar-refractivity contribution in [3.8, 4) is 5.75 Å². The first-order valence-corrected chi connectivity index (χ1v) is 9.74. The molecule has 0 aliphatic carbocycles. The minimum Gasteiger partial charge on any atom is -0.426 e. The number of ether oxygens (including phenoxy) is 1. The van der Waals surface area contributed by atoms with Crippen molar-refractivity contribution in [2.24, 2.45) is 0 Å². The van der Waals surface area contributed by atoms with Crippen LogP contribution in [0.4, 0.5) is 0 Å². The molecular weight excluding hydrogens is 358 g/mol. The lowest BCUT2D eigenvalue weighted by atomic mass is 10.0. The maximum atomic E-state index is 12.2. The molecule has 0 aliphatic heterocycles. The highest BCUT2D eigenvalue weighted by atomic mass is 32.1. The van der Waals surface area contributed by atoms with Gasteiger partial charge in [-0.05, 0) is 35.1 Å². The number of esters is 1. The minimum atomic E-state index is -0.291. The average Bonchev–Trinajstić information content (AvgIpc) is 3.22. The van der Waals surface area contributed by atoms with Crippen LogP contribution in [0.15, 0.2) is 72.1 Å². The van der Waals surface area contributed by atoms with E-state index in [1.807, 2.05) is 53.9 Å². The van der Waals surface area contributed by atoms with Gasteiger partial charge in [0.15, 0.2) is 0 Å². The highest BCUT2D eigenvalue weighted by Gasteiger charge is 2.10. The predicted octanol–water partition coefficient (Wildman–Crippen LogP) is 4.45. The van der Waals surface area contributed by atoms with Crippen molar-refractivity contribution in [2.75, 3.05) is 6.54 Å². The van der Waals surface area contributed by atoms with Crippen molar-refractivity contribution in [2.45, 2.75) is 19.3 Å². The van der Waals surface area contributed by atoms with E-state index in [-0.39, 0.29) is 18.3 Å². The number of nitrogens with one attached hydrogen (secondary N) is 1. The van der Waals surface area contributed by atoms with Gasteiger partial charge in [0.2, 0.25) is 0 Å². The SMILES string of the molecule is O=C(CCCNC(=O)c1cccs1)Oc1ccccc1Cc1ccccc1. The van der Waals surface area contributed by atoms with Gasteiger partial charge in [0.05, 0.1) is 4.88 Å². The second-order valence-corrected chi connectivity index (χ2v) is 7.03. The van der Waals surface area contributed by atoms with Crippen molar-refractivity contribution < 1.29 is 14.3 Å². The quantitative estimate of drug-likeness (QED) is 0.357. The maximum Gasteiger partial charge on any atom is 0.311 e. The van der Waals surface area contributed by atoms with Crippen LogP contribution < -0.4 is 10.1 Å². The van der Waals surface area contributed by atoms with Crippen molar-refractivity contribution in [3.63, 3.8) is 0 Å². The second-order valence-electron chi connectivity index (χ2n) is 6.08. The Morgan fingerprint density at radius 2 is 1.70 bits per heavy atom. The first-order valence-electron chi connectivity index (χ1n) is 8.86. The Labute approximate surface area is 162 Å². The zero-order chi connectivity index (χ0) is 18.9. The zero-order valence-electron chi connectivity index (χ0n) is 14.9. The van der Waals surface area contributed by atoms with Crippen LogP contribution in [0.5, 0.6) is 5.75 Å². The summed E-state index contributed by atoms with van der Waals surface area (Å²) in [5.41, 5.74) is 2.14. The summed E-state index contributed by atoms with van der Waals surface area (Å²) in [6.45, 7) is 0.442. The molecule has 5 heteroatoms. The van der Waals surface area contributed by atoms with Crippen molar-refractivity contribution in [3.05, 3.63) is 88.1 Å². The Balaban J connectivity index is 1.47. The lowest BCUT2D eigenvalue weighted by Gasteiger charge is -2.10. The summed E-state index contributed by atoms with van der Waals surface area (Å²) in [5, 5.41) is 4.67. The predicted molar refractivity (Wildman–Crippen MR) is 107 cm³/mol. The molecule has 3 aromatic rings. The number of hydrogen-bond donors (Lipinski definition) is 1. The molecule has 1 N–H and O–H groups in total. The number of thiophene rings is 1. The molecule has 0 atom stereocenters. The van der Waals surface area contributed by atoms with Crippen LogP contribution in [-0.4, -0.2) is 18.4 Å². The van der Waals surface area contributed by atoms with Gasteiger partial charge in [-0.15, -0.1) is 11.3 Å². The third-order valence-corrected chi connectivity index (χ3v) is 4.89. The van der Waals surface area contributed by atoms with E-state index in [1.165, 1.54) is 11.3 Å². The van der Waals surface area contributed by atoms with Gasteiger partial charge in [-0.25, -0.2) is 0 Å². The van der Waals surface area contributed by atoms with Gasteiger partial charge in [0.25, 0.3) is 5.91 Å². The Morgan fingerprint density at radius 1 is 0.926 bits per heavy atom. The molecule has 0 unspecified atom stereocenters. The van der Waals surface area contributed by atoms with E-state index in [0.29, 0.717) is 30.0 Å². The Bertz CT molecular complexity index is 876. The van der Waals surface area contributed by atoms with Crippen LogP contribution in [0.25, 0.3) is 0 Å². The summed E-state index contributed by atoms with van der Waals surface area (Å²) in [6, 6.07) is 21.3. The molecule has 0 aliphatic rings. The van der Waals surface area contributed by atoms with Crippen molar-refractivity contribution >= 4 is 23.2 Å². The van der Waals surface area contributed by atoms with Crippen LogP contribution in [0.2, 0.25) is 0 Å². The smallest absolute Gasteiger partial charge is 0.311 e. The van der Waals surface area contributed by atoms with Gasteiger partial charge in [-0.3, -0.25) is 9.59 Å². The summed E-state index contributed by atoms with van der Waals surface area (Å²) in [5.74, 6) is 0.196. The number of hydrogen-bond acceptors (Lipinski definition) is 4. The monoisotopic (exact) mass is 379 g/mol. The molecular formula is C22H21NO3S. The van der Waals surface area contributed by atoms with E-state index < -0.39 is 0 Å². The fourth-order valence-electron chi connectivity index (χ4n) is 2.67. The van der Waals surface area contributed by atoms with Gasteiger partial charge in [-0.2, -0.15) is 0 Å².